The molecule has 1 aromatic carbocycles. The highest BCUT2D eigenvalue weighted by Crippen LogP contribution is 2.21. The molecule has 0 aliphatic carbocycles. The normalized spacial score (nSPS) is 21.6. The van der Waals surface area contributed by atoms with Crippen molar-refractivity contribution in [2.45, 2.75) is 63.8 Å². The maximum atomic E-state index is 13.2. The summed E-state index contributed by atoms with van der Waals surface area (Å²) in [5, 5.41) is 17.9. The summed E-state index contributed by atoms with van der Waals surface area (Å²) in [7, 11) is -2.20. The predicted molar refractivity (Wildman–Crippen MR) is 126 cm³/mol. The van der Waals surface area contributed by atoms with Crippen molar-refractivity contribution in [3.8, 4) is 0 Å². The van der Waals surface area contributed by atoms with Crippen LogP contribution in [0.25, 0.3) is 0 Å². The number of ether oxygens (including phenoxy) is 1. The van der Waals surface area contributed by atoms with Gasteiger partial charge in [-0.15, -0.1) is 5.10 Å². The number of aliphatic hydroxyl groups is 1. The van der Waals surface area contributed by atoms with Crippen LogP contribution in [0.1, 0.15) is 37.9 Å². The fourth-order valence-corrected chi connectivity index (χ4v) is 5.29. The molecule has 0 saturated carbocycles. The van der Waals surface area contributed by atoms with Crippen LogP contribution in [-0.2, 0) is 32.7 Å². The third-order valence-corrected chi connectivity index (χ3v) is 8.00. The number of aromatic nitrogens is 3. The number of carbonyl (C=O) groups excluding carboxylic acids is 1. The number of hydrogen-bond donors (Lipinski definition) is 1. The molecule has 0 fully saturated rings. The van der Waals surface area contributed by atoms with Crippen LogP contribution in [0.4, 0.5) is 0 Å². The lowest BCUT2D eigenvalue weighted by atomic mass is 10.0. The number of sulfonamides is 1. The maximum Gasteiger partial charge on any atom is 0.242 e. The van der Waals surface area contributed by atoms with Crippen molar-refractivity contribution < 1.29 is 23.1 Å². The lowest BCUT2D eigenvalue weighted by Gasteiger charge is -2.35. The van der Waals surface area contributed by atoms with Gasteiger partial charge in [-0.3, -0.25) is 9.48 Å². The molecule has 188 valence electrons. The fourth-order valence-electron chi connectivity index (χ4n) is 4.00. The SMILES string of the molecule is Cc1cccc(S(=O)(=O)N(C)C[C@@H]2OCc3cn(nn3)CCCC(=O)N([C@@H](C)CO)C[C@@H]2C)c1. The smallest absolute Gasteiger partial charge is 0.242 e. The second-order valence-electron chi connectivity index (χ2n) is 9.08. The molecule has 11 heteroatoms. The molecule has 1 aliphatic heterocycles. The molecular formula is C23H35N5O5S. The van der Waals surface area contributed by atoms with Crippen molar-refractivity contribution in [2.75, 3.05) is 26.7 Å². The van der Waals surface area contributed by atoms with Crippen LogP contribution in [0, 0.1) is 12.8 Å². The molecule has 34 heavy (non-hydrogen) atoms. The monoisotopic (exact) mass is 493 g/mol. The molecule has 1 N–H and O–H groups in total. The quantitative estimate of drug-likeness (QED) is 0.647. The van der Waals surface area contributed by atoms with Crippen molar-refractivity contribution in [2.24, 2.45) is 5.92 Å². The van der Waals surface area contributed by atoms with E-state index in [0.29, 0.717) is 31.6 Å². The van der Waals surface area contributed by atoms with Crippen molar-refractivity contribution in [1.82, 2.24) is 24.2 Å². The van der Waals surface area contributed by atoms with Gasteiger partial charge in [0.2, 0.25) is 15.9 Å². The number of benzene rings is 1. The fraction of sp³-hybridized carbons (Fsp3) is 0.609. The van der Waals surface area contributed by atoms with E-state index in [1.165, 1.54) is 11.4 Å². The van der Waals surface area contributed by atoms with E-state index in [-0.39, 0.29) is 42.5 Å². The summed E-state index contributed by atoms with van der Waals surface area (Å²) in [4.78, 5) is 14.8. The highest BCUT2D eigenvalue weighted by molar-refractivity contribution is 7.89. The number of aryl methyl sites for hydroxylation is 2. The van der Waals surface area contributed by atoms with E-state index < -0.39 is 16.1 Å². The Balaban J connectivity index is 1.86. The predicted octanol–water partition coefficient (Wildman–Crippen LogP) is 1.43. The zero-order valence-corrected chi connectivity index (χ0v) is 21.1. The molecule has 10 nitrogen and oxygen atoms in total. The Hall–Kier alpha value is -2.34. The maximum absolute atomic E-state index is 13.2. The average Bonchev–Trinajstić information content (AvgIpc) is 3.26. The Bertz CT molecular complexity index is 1070. The molecule has 1 amide bonds. The van der Waals surface area contributed by atoms with Gasteiger partial charge in [0.15, 0.2) is 0 Å². The van der Waals surface area contributed by atoms with Gasteiger partial charge in [0, 0.05) is 39.0 Å². The number of likely N-dealkylation sites (N-methyl/N-ethyl adjacent to an activating group) is 1. The summed E-state index contributed by atoms with van der Waals surface area (Å²) in [6, 6.07) is 6.43. The summed E-state index contributed by atoms with van der Waals surface area (Å²) in [5.41, 5.74) is 1.50. The molecule has 1 aliphatic rings. The van der Waals surface area contributed by atoms with Gasteiger partial charge in [-0.1, -0.05) is 24.3 Å². The van der Waals surface area contributed by atoms with Gasteiger partial charge in [0.1, 0.15) is 5.69 Å². The van der Waals surface area contributed by atoms with E-state index in [4.69, 9.17) is 4.74 Å². The molecule has 0 spiro atoms. The standard InChI is InChI=1S/C23H35N5O5S/c1-17-7-5-8-21(11-17)34(31,32)26(4)14-22-18(2)12-28(19(3)15-29)23(30)9-6-10-27-13-20(16-33-22)24-25-27/h5,7-8,11,13,18-19,22,29H,6,9-10,12,14-16H2,1-4H3/t18-,19-,22-/m0/s1. The molecule has 0 radical (unpaired) electrons. The Morgan fingerprint density at radius 1 is 1.35 bits per heavy atom. The summed E-state index contributed by atoms with van der Waals surface area (Å²) in [6.07, 6.45) is 2.19. The van der Waals surface area contributed by atoms with Crippen LogP contribution >= 0.6 is 0 Å². The Labute approximate surface area is 201 Å². The first kappa shape index (κ1) is 26.3. The lowest BCUT2D eigenvalue weighted by molar-refractivity contribution is -0.136. The van der Waals surface area contributed by atoms with Gasteiger partial charge in [-0.25, -0.2) is 8.42 Å². The number of hydrogen-bond acceptors (Lipinski definition) is 7. The Kier molecular flexibility index (Phi) is 8.80. The first-order valence-corrected chi connectivity index (χ1v) is 13.0. The van der Waals surface area contributed by atoms with Gasteiger partial charge < -0.3 is 14.7 Å². The van der Waals surface area contributed by atoms with Gasteiger partial charge in [-0.2, -0.15) is 4.31 Å². The minimum Gasteiger partial charge on any atom is -0.394 e. The molecule has 1 aromatic heterocycles. The summed E-state index contributed by atoms with van der Waals surface area (Å²) >= 11 is 0. The molecule has 3 atom stereocenters. The topological polar surface area (TPSA) is 118 Å². The molecule has 2 heterocycles. The first-order chi connectivity index (χ1) is 16.1. The van der Waals surface area contributed by atoms with Crippen molar-refractivity contribution in [3.05, 3.63) is 41.7 Å². The first-order valence-electron chi connectivity index (χ1n) is 11.6. The van der Waals surface area contributed by atoms with Crippen LogP contribution in [0.5, 0.6) is 0 Å². The number of fused-ring (bicyclic) bond motifs is 2. The highest BCUT2D eigenvalue weighted by Gasteiger charge is 2.31. The van der Waals surface area contributed by atoms with Crippen molar-refractivity contribution in [1.29, 1.82) is 0 Å². The molecular weight excluding hydrogens is 458 g/mol. The van der Waals surface area contributed by atoms with Gasteiger partial charge >= 0.3 is 0 Å². The number of aliphatic hydroxyl groups excluding tert-OH is 1. The largest absolute Gasteiger partial charge is 0.394 e. The van der Waals surface area contributed by atoms with Crippen LogP contribution < -0.4 is 0 Å². The molecule has 0 unspecified atom stereocenters. The Morgan fingerprint density at radius 2 is 2.12 bits per heavy atom. The van der Waals surface area contributed by atoms with Gasteiger partial charge in [-0.05, 0) is 38.0 Å². The minimum atomic E-state index is -3.73. The van der Waals surface area contributed by atoms with E-state index in [9.17, 15) is 18.3 Å². The molecule has 0 saturated heterocycles. The molecule has 2 bridgehead atoms. The van der Waals surface area contributed by atoms with E-state index in [1.54, 1.807) is 40.9 Å². The number of amides is 1. The summed E-state index contributed by atoms with van der Waals surface area (Å²) in [5.74, 6) is -0.267. The second kappa shape index (κ2) is 11.4. The highest BCUT2D eigenvalue weighted by atomic mass is 32.2. The van der Waals surface area contributed by atoms with Crippen LogP contribution in [-0.4, -0.2) is 82.5 Å². The Morgan fingerprint density at radius 3 is 2.82 bits per heavy atom. The van der Waals surface area contributed by atoms with Crippen molar-refractivity contribution >= 4 is 15.9 Å². The van der Waals surface area contributed by atoms with Crippen LogP contribution in [0.3, 0.4) is 0 Å². The number of nitrogens with zero attached hydrogens (tertiary/aromatic N) is 5. The summed E-state index contributed by atoms with van der Waals surface area (Å²) in [6.45, 7) is 6.59. The van der Waals surface area contributed by atoms with Crippen LogP contribution in [0.15, 0.2) is 35.4 Å². The average molecular weight is 494 g/mol. The van der Waals surface area contributed by atoms with Gasteiger partial charge in [0.05, 0.1) is 36.5 Å². The zero-order valence-electron chi connectivity index (χ0n) is 20.3. The third-order valence-electron chi connectivity index (χ3n) is 6.18. The van der Waals surface area contributed by atoms with E-state index in [0.717, 1.165) is 5.56 Å². The van der Waals surface area contributed by atoms with Crippen molar-refractivity contribution in [3.63, 3.8) is 0 Å². The molecule has 3 rings (SSSR count). The lowest BCUT2D eigenvalue weighted by Crippen LogP contribution is -2.47. The zero-order chi connectivity index (χ0) is 24.9. The number of carbonyl (C=O) groups is 1. The minimum absolute atomic E-state index is 0.0625. The number of rotatable bonds is 6. The van der Waals surface area contributed by atoms with Gasteiger partial charge in [0.25, 0.3) is 0 Å². The van der Waals surface area contributed by atoms with Crippen LogP contribution in [0.2, 0.25) is 0 Å². The van der Waals surface area contributed by atoms with E-state index in [1.807, 2.05) is 19.9 Å². The second-order valence-corrected chi connectivity index (χ2v) is 11.1. The third kappa shape index (κ3) is 6.41. The molecule has 2 aromatic rings. The van der Waals surface area contributed by atoms with E-state index in [2.05, 4.69) is 10.3 Å². The summed E-state index contributed by atoms with van der Waals surface area (Å²) < 4.78 is 35.5. The van der Waals surface area contributed by atoms with E-state index >= 15 is 0 Å².